The molecule has 4 rings (SSSR count). The normalized spacial score (nSPS) is 12.0. The lowest BCUT2D eigenvalue weighted by atomic mass is 10.2. The summed E-state index contributed by atoms with van der Waals surface area (Å²) in [5, 5.41) is 12.7. The summed E-state index contributed by atoms with van der Waals surface area (Å²) >= 11 is 1.09. The van der Waals surface area contributed by atoms with Gasteiger partial charge in [-0.1, -0.05) is 30.3 Å². The second-order valence-electron chi connectivity index (χ2n) is 7.79. The van der Waals surface area contributed by atoms with Crippen LogP contribution in [-0.4, -0.2) is 23.7 Å². The van der Waals surface area contributed by atoms with Crippen molar-refractivity contribution in [1.29, 1.82) is 5.26 Å². The molecular formula is C29H25N3O4S. The SMILES string of the molecule is CCOc1ccc(/C=c2/s/c(=C(/C#N)C(=O)Nc3ccc(OCC)cc3)n(-c3ccccc3)c2=O)cc1. The van der Waals surface area contributed by atoms with E-state index in [1.807, 2.05) is 50.2 Å². The third kappa shape index (κ3) is 5.97. The lowest BCUT2D eigenvalue weighted by Crippen LogP contribution is -2.32. The van der Waals surface area contributed by atoms with Gasteiger partial charge in [-0.2, -0.15) is 5.26 Å². The Morgan fingerprint density at radius 3 is 2.11 bits per heavy atom. The monoisotopic (exact) mass is 511 g/mol. The molecule has 0 saturated heterocycles. The first-order valence-corrected chi connectivity index (χ1v) is 12.6. The minimum absolute atomic E-state index is 0.161. The molecule has 37 heavy (non-hydrogen) atoms. The van der Waals surface area contributed by atoms with Crippen LogP contribution in [0.2, 0.25) is 0 Å². The van der Waals surface area contributed by atoms with Crippen molar-refractivity contribution in [3.63, 3.8) is 0 Å². The number of para-hydroxylation sites is 1. The second kappa shape index (κ2) is 11.9. The van der Waals surface area contributed by atoms with Gasteiger partial charge < -0.3 is 14.8 Å². The first-order valence-electron chi connectivity index (χ1n) is 11.7. The van der Waals surface area contributed by atoms with E-state index in [0.717, 1.165) is 22.6 Å². The number of carbonyl (C=O) groups is 1. The summed E-state index contributed by atoms with van der Waals surface area (Å²) in [6, 6.07) is 25.2. The lowest BCUT2D eigenvalue weighted by molar-refractivity contribution is -0.111. The van der Waals surface area contributed by atoms with Gasteiger partial charge in [-0.15, -0.1) is 11.3 Å². The number of aromatic nitrogens is 1. The largest absolute Gasteiger partial charge is 0.494 e. The third-order valence-electron chi connectivity index (χ3n) is 5.30. The van der Waals surface area contributed by atoms with Gasteiger partial charge in [0.05, 0.1) is 23.4 Å². The molecular weight excluding hydrogens is 486 g/mol. The lowest BCUT2D eigenvalue weighted by Gasteiger charge is -2.07. The number of nitrogens with one attached hydrogen (secondary N) is 1. The summed E-state index contributed by atoms with van der Waals surface area (Å²) in [6.45, 7) is 4.89. The van der Waals surface area contributed by atoms with Crippen LogP contribution in [0.5, 0.6) is 11.5 Å². The zero-order chi connectivity index (χ0) is 26.2. The number of carbonyl (C=O) groups excluding carboxylic acids is 1. The maximum absolute atomic E-state index is 13.5. The number of benzene rings is 3. The van der Waals surface area contributed by atoms with Crippen LogP contribution in [0.3, 0.4) is 0 Å². The Kier molecular flexibility index (Phi) is 8.18. The Balaban J connectivity index is 1.83. The summed E-state index contributed by atoms with van der Waals surface area (Å²) in [4.78, 5) is 26.7. The summed E-state index contributed by atoms with van der Waals surface area (Å²) < 4.78 is 13.0. The van der Waals surface area contributed by atoms with Crippen molar-refractivity contribution in [2.45, 2.75) is 13.8 Å². The standard InChI is InChI=1S/C29H25N3O4S/c1-3-35-23-14-10-20(11-15-23)18-26-28(34)32(22-8-6-5-7-9-22)29(37-26)25(19-30)27(33)31-21-12-16-24(17-13-21)36-4-2/h5-18H,3-4H2,1-2H3,(H,31,33)/b26-18+,29-25-. The van der Waals surface area contributed by atoms with Crippen molar-refractivity contribution in [1.82, 2.24) is 4.57 Å². The van der Waals surface area contributed by atoms with Crippen LogP contribution < -0.4 is 29.5 Å². The van der Waals surface area contributed by atoms with Crippen LogP contribution in [0, 0.1) is 11.3 Å². The van der Waals surface area contributed by atoms with E-state index < -0.39 is 5.91 Å². The molecule has 0 spiro atoms. The Morgan fingerprint density at radius 1 is 0.946 bits per heavy atom. The van der Waals surface area contributed by atoms with Gasteiger partial charge in [0, 0.05) is 5.69 Å². The van der Waals surface area contributed by atoms with E-state index in [0.29, 0.717) is 34.9 Å². The smallest absolute Gasteiger partial charge is 0.273 e. The molecule has 1 aromatic heterocycles. The number of thiazole rings is 1. The first kappa shape index (κ1) is 25.5. The zero-order valence-corrected chi connectivity index (χ0v) is 21.2. The van der Waals surface area contributed by atoms with Crippen LogP contribution in [0.1, 0.15) is 19.4 Å². The molecule has 0 bridgehead atoms. The topological polar surface area (TPSA) is 93.3 Å². The van der Waals surface area contributed by atoms with E-state index in [1.165, 1.54) is 4.57 Å². The average Bonchev–Trinajstić information content (AvgIpc) is 3.22. The van der Waals surface area contributed by atoms with Crippen molar-refractivity contribution < 1.29 is 14.3 Å². The van der Waals surface area contributed by atoms with E-state index in [1.54, 1.807) is 54.6 Å². The van der Waals surface area contributed by atoms with Gasteiger partial charge in [0.15, 0.2) is 5.57 Å². The van der Waals surface area contributed by atoms with Crippen molar-refractivity contribution in [2.75, 3.05) is 18.5 Å². The highest BCUT2D eigenvalue weighted by Gasteiger charge is 2.17. The van der Waals surface area contributed by atoms with E-state index in [9.17, 15) is 14.9 Å². The number of amides is 1. The quantitative estimate of drug-likeness (QED) is 0.388. The fourth-order valence-corrected chi connectivity index (χ4v) is 4.73. The maximum atomic E-state index is 13.5. The van der Waals surface area contributed by atoms with Crippen LogP contribution in [0.25, 0.3) is 17.3 Å². The number of hydrogen-bond donors (Lipinski definition) is 1. The Hall–Kier alpha value is -4.61. The minimum atomic E-state index is -0.606. The van der Waals surface area contributed by atoms with Crippen LogP contribution in [0.15, 0.2) is 83.7 Å². The van der Waals surface area contributed by atoms with Gasteiger partial charge in [-0.05, 0) is 74.0 Å². The molecule has 4 aromatic rings. The van der Waals surface area contributed by atoms with Crippen LogP contribution in [-0.2, 0) is 4.79 Å². The molecule has 0 aliphatic carbocycles. The first-order chi connectivity index (χ1) is 18.0. The number of anilines is 1. The Bertz CT molecular complexity index is 1600. The van der Waals surface area contributed by atoms with Crippen LogP contribution >= 0.6 is 11.3 Å². The third-order valence-corrected chi connectivity index (χ3v) is 6.40. The maximum Gasteiger partial charge on any atom is 0.273 e. The second-order valence-corrected chi connectivity index (χ2v) is 8.82. The zero-order valence-electron chi connectivity index (χ0n) is 20.4. The molecule has 0 atom stereocenters. The molecule has 0 fully saturated rings. The molecule has 0 aliphatic rings. The molecule has 8 heteroatoms. The van der Waals surface area contributed by atoms with Gasteiger partial charge in [-0.25, -0.2) is 0 Å². The number of nitriles is 1. The van der Waals surface area contributed by atoms with Gasteiger partial charge >= 0.3 is 0 Å². The molecule has 1 N–H and O–H groups in total. The molecule has 0 saturated carbocycles. The summed E-state index contributed by atoms with van der Waals surface area (Å²) in [6.07, 6.45) is 1.74. The fraction of sp³-hybridized carbons (Fsp3) is 0.138. The van der Waals surface area contributed by atoms with Gasteiger partial charge in [0.25, 0.3) is 11.5 Å². The van der Waals surface area contributed by atoms with E-state index in [-0.39, 0.29) is 15.8 Å². The van der Waals surface area contributed by atoms with Gasteiger partial charge in [-0.3, -0.25) is 14.2 Å². The summed E-state index contributed by atoms with van der Waals surface area (Å²) in [5.74, 6) is 0.806. The highest BCUT2D eigenvalue weighted by atomic mass is 32.1. The van der Waals surface area contributed by atoms with Crippen molar-refractivity contribution in [3.05, 3.63) is 104 Å². The predicted octanol–water partition coefficient (Wildman–Crippen LogP) is 3.84. The summed E-state index contributed by atoms with van der Waals surface area (Å²) in [5.41, 5.74) is 1.39. The molecule has 1 amide bonds. The number of rotatable bonds is 8. The fourth-order valence-electron chi connectivity index (χ4n) is 3.63. The van der Waals surface area contributed by atoms with E-state index >= 15 is 0 Å². The molecule has 3 aromatic carbocycles. The Labute approximate surface area is 218 Å². The highest BCUT2D eigenvalue weighted by molar-refractivity contribution is 7.07. The number of hydrogen-bond acceptors (Lipinski definition) is 6. The van der Waals surface area contributed by atoms with Crippen LogP contribution in [0.4, 0.5) is 5.69 Å². The Morgan fingerprint density at radius 2 is 1.54 bits per heavy atom. The van der Waals surface area contributed by atoms with Crippen molar-refractivity contribution in [3.8, 4) is 23.3 Å². The van der Waals surface area contributed by atoms with Crippen molar-refractivity contribution in [2.24, 2.45) is 0 Å². The molecule has 1 heterocycles. The molecule has 186 valence electrons. The number of ether oxygens (including phenoxy) is 2. The predicted molar refractivity (Wildman–Crippen MR) is 146 cm³/mol. The molecule has 7 nitrogen and oxygen atoms in total. The summed E-state index contributed by atoms with van der Waals surface area (Å²) in [7, 11) is 0. The molecule has 0 radical (unpaired) electrons. The molecule has 0 unspecified atom stereocenters. The molecule has 0 aliphatic heterocycles. The van der Waals surface area contributed by atoms with Gasteiger partial charge in [0.1, 0.15) is 22.2 Å². The van der Waals surface area contributed by atoms with Crippen molar-refractivity contribution >= 4 is 34.6 Å². The van der Waals surface area contributed by atoms with Gasteiger partial charge in [0.2, 0.25) is 0 Å². The van der Waals surface area contributed by atoms with E-state index in [4.69, 9.17) is 9.47 Å². The number of nitrogens with zero attached hydrogens (tertiary/aromatic N) is 2. The van der Waals surface area contributed by atoms with E-state index in [2.05, 4.69) is 5.32 Å². The minimum Gasteiger partial charge on any atom is -0.494 e. The average molecular weight is 512 g/mol. The highest BCUT2D eigenvalue weighted by Crippen LogP contribution is 2.16.